The summed E-state index contributed by atoms with van der Waals surface area (Å²) in [4.78, 5) is 14.3. The van der Waals surface area contributed by atoms with Crippen molar-refractivity contribution < 1.29 is 9.21 Å². The maximum absolute atomic E-state index is 10.2. The molecule has 0 amide bonds. The highest BCUT2D eigenvalue weighted by molar-refractivity contribution is 5.55. The van der Waals surface area contributed by atoms with Gasteiger partial charge in [0.25, 0.3) is 0 Å². The largest absolute Gasteiger partial charge is 0.441 e. The van der Waals surface area contributed by atoms with Gasteiger partial charge in [-0.2, -0.15) is 0 Å². The van der Waals surface area contributed by atoms with E-state index in [1.165, 1.54) is 0 Å². The molecule has 0 spiro atoms. The molecular weight excluding hydrogens is 178 g/mol. The van der Waals surface area contributed by atoms with Gasteiger partial charge in [-0.05, 0) is 12.1 Å². The molecule has 0 aliphatic rings. The molecule has 2 aromatic rings. The minimum Gasteiger partial charge on any atom is -0.441 e. The lowest BCUT2D eigenvalue weighted by Gasteiger charge is -1.92. The van der Waals surface area contributed by atoms with Gasteiger partial charge in [-0.15, -0.1) is 0 Å². The highest BCUT2D eigenvalue weighted by atomic mass is 16.4. The Hall–Kier alpha value is -1.90. The Bertz CT molecular complexity index is 420. The summed E-state index contributed by atoms with van der Waals surface area (Å²) in [6.07, 6.45) is 2.66. The van der Waals surface area contributed by atoms with Gasteiger partial charge >= 0.3 is 0 Å². The summed E-state index contributed by atoms with van der Waals surface area (Å²) in [7, 11) is 0. The van der Waals surface area contributed by atoms with Crippen LogP contribution < -0.4 is 0 Å². The number of benzene rings is 1. The average Bonchev–Trinajstić information content (AvgIpc) is 2.68. The Morgan fingerprint density at radius 3 is 2.79 bits per heavy atom. The molecule has 0 aliphatic carbocycles. The van der Waals surface area contributed by atoms with Crippen LogP contribution in [-0.2, 0) is 11.2 Å². The molecule has 14 heavy (non-hydrogen) atoms. The monoisotopic (exact) mass is 187 g/mol. The molecule has 0 N–H and O–H groups in total. The second-order valence-corrected chi connectivity index (χ2v) is 2.87. The third-order valence-corrected chi connectivity index (χ3v) is 1.86. The van der Waals surface area contributed by atoms with Gasteiger partial charge in [-0.3, -0.25) is 0 Å². The van der Waals surface area contributed by atoms with Crippen LogP contribution in [-0.4, -0.2) is 11.3 Å². The minimum atomic E-state index is 0.278. The van der Waals surface area contributed by atoms with Crippen LogP contribution in [0.4, 0.5) is 0 Å². The number of carbonyl (C=O) groups excluding carboxylic acids is 1. The number of aldehydes is 1. The van der Waals surface area contributed by atoms with E-state index >= 15 is 0 Å². The number of hydrogen-bond donors (Lipinski definition) is 0. The fourth-order valence-corrected chi connectivity index (χ4v) is 1.20. The number of carbonyl (C=O) groups is 1. The van der Waals surface area contributed by atoms with Gasteiger partial charge in [0, 0.05) is 5.56 Å². The standard InChI is InChI=1S/C11H9NO2/c13-7-6-10-8-12-11(14-10)9-4-2-1-3-5-9/h1-5,7-8H,6H2. The molecule has 0 saturated heterocycles. The van der Waals surface area contributed by atoms with Crippen LogP contribution in [0.25, 0.3) is 11.5 Å². The zero-order valence-corrected chi connectivity index (χ0v) is 7.51. The predicted molar refractivity (Wildman–Crippen MR) is 51.7 cm³/mol. The van der Waals surface area contributed by atoms with Crippen molar-refractivity contribution in [1.82, 2.24) is 4.98 Å². The van der Waals surface area contributed by atoms with E-state index in [9.17, 15) is 4.79 Å². The van der Waals surface area contributed by atoms with Crippen molar-refractivity contribution in [3.63, 3.8) is 0 Å². The van der Waals surface area contributed by atoms with Crippen molar-refractivity contribution in [2.75, 3.05) is 0 Å². The molecular formula is C11H9NO2. The highest BCUT2D eigenvalue weighted by Gasteiger charge is 2.04. The van der Waals surface area contributed by atoms with Crippen LogP contribution in [0.1, 0.15) is 5.76 Å². The fourth-order valence-electron chi connectivity index (χ4n) is 1.20. The molecule has 1 heterocycles. The van der Waals surface area contributed by atoms with Gasteiger partial charge in [-0.1, -0.05) is 18.2 Å². The van der Waals surface area contributed by atoms with Gasteiger partial charge < -0.3 is 9.21 Å². The quantitative estimate of drug-likeness (QED) is 0.691. The zero-order chi connectivity index (χ0) is 9.80. The zero-order valence-electron chi connectivity index (χ0n) is 7.51. The number of nitrogens with zero attached hydrogens (tertiary/aromatic N) is 1. The molecule has 70 valence electrons. The van der Waals surface area contributed by atoms with Gasteiger partial charge in [0.05, 0.1) is 12.6 Å². The Morgan fingerprint density at radius 1 is 1.29 bits per heavy atom. The number of aromatic nitrogens is 1. The van der Waals surface area contributed by atoms with Crippen molar-refractivity contribution >= 4 is 6.29 Å². The van der Waals surface area contributed by atoms with E-state index in [4.69, 9.17) is 4.42 Å². The summed E-state index contributed by atoms with van der Waals surface area (Å²) in [5.74, 6) is 1.15. The van der Waals surface area contributed by atoms with Crippen LogP contribution >= 0.6 is 0 Å². The molecule has 1 aromatic carbocycles. The molecule has 0 unspecified atom stereocenters. The van der Waals surface area contributed by atoms with Crippen molar-refractivity contribution in [2.24, 2.45) is 0 Å². The van der Waals surface area contributed by atoms with Crippen LogP contribution in [0.5, 0.6) is 0 Å². The summed E-state index contributed by atoms with van der Waals surface area (Å²) in [6.45, 7) is 0. The lowest BCUT2D eigenvalue weighted by Crippen LogP contribution is -1.79. The lowest BCUT2D eigenvalue weighted by atomic mass is 10.2. The first-order chi connectivity index (χ1) is 6.90. The summed E-state index contributed by atoms with van der Waals surface area (Å²) < 4.78 is 5.37. The van der Waals surface area contributed by atoms with E-state index in [2.05, 4.69) is 4.98 Å². The van der Waals surface area contributed by atoms with Crippen molar-refractivity contribution in [2.45, 2.75) is 6.42 Å². The molecule has 3 heteroatoms. The first kappa shape index (κ1) is 8.69. The summed E-state index contributed by atoms with van der Waals surface area (Å²) in [5.41, 5.74) is 0.921. The maximum Gasteiger partial charge on any atom is 0.226 e. The minimum absolute atomic E-state index is 0.278. The third-order valence-electron chi connectivity index (χ3n) is 1.86. The van der Waals surface area contributed by atoms with E-state index in [1.807, 2.05) is 30.3 Å². The molecule has 1 aromatic heterocycles. The fraction of sp³-hybridized carbons (Fsp3) is 0.0909. The Kier molecular flexibility index (Phi) is 2.40. The molecule has 0 radical (unpaired) electrons. The molecule has 0 bridgehead atoms. The molecule has 0 atom stereocenters. The Labute approximate surface area is 81.4 Å². The Balaban J connectivity index is 2.29. The lowest BCUT2D eigenvalue weighted by molar-refractivity contribution is -0.107. The number of oxazole rings is 1. The Morgan fingerprint density at radius 2 is 2.07 bits per heavy atom. The smallest absolute Gasteiger partial charge is 0.226 e. The van der Waals surface area contributed by atoms with Crippen LogP contribution in [0, 0.1) is 0 Å². The van der Waals surface area contributed by atoms with E-state index in [-0.39, 0.29) is 6.42 Å². The highest BCUT2D eigenvalue weighted by Crippen LogP contribution is 2.18. The predicted octanol–water partition coefficient (Wildman–Crippen LogP) is 2.08. The van der Waals surface area contributed by atoms with Gasteiger partial charge in [0.1, 0.15) is 12.0 Å². The first-order valence-electron chi connectivity index (χ1n) is 4.34. The van der Waals surface area contributed by atoms with Crippen LogP contribution in [0.3, 0.4) is 0 Å². The van der Waals surface area contributed by atoms with E-state index < -0.39 is 0 Å². The average molecular weight is 187 g/mol. The van der Waals surface area contributed by atoms with Gasteiger partial charge in [0.15, 0.2) is 0 Å². The second kappa shape index (κ2) is 3.87. The molecule has 0 aliphatic heterocycles. The molecule has 2 rings (SSSR count). The summed E-state index contributed by atoms with van der Waals surface area (Å²) in [5, 5.41) is 0. The van der Waals surface area contributed by atoms with E-state index in [0.717, 1.165) is 11.8 Å². The van der Waals surface area contributed by atoms with E-state index in [1.54, 1.807) is 6.20 Å². The maximum atomic E-state index is 10.2. The summed E-state index contributed by atoms with van der Waals surface area (Å²) in [6, 6.07) is 9.59. The SMILES string of the molecule is O=CCc1cnc(-c2ccccc2)o1. The second-order valence-electron chi connectivity index (χ2n) is 2.87. The molecule has 0 fully saturated rings. The van der Waals surface area contributed by atoms with Gasteiger partial charge in [-0.25, -0.2) is 4.98 Å². The number of rotatable bonds is 3. The van der Waals surface area contributed by atoms with Crippen LogP contribution in [0.15, 0.2) is 40.9 Å². The topological polar surface area (TPSA) is 43.1 Å². The molecule has 0 saturated carbocycles. The van der Waals surface area contributed by atoms with Crippen molar-refractivity contribution in [3.05, 3.63) is 42.3 Å². The van der Waals surface area contributed by atoms with Crippen molar-refractivity contribution in [3.8, 4) is 11.5 Å². The number of hydrogen-bond acceptors (Lipinski definition) is 3. The third kappa shape index (κ3) is 1.71. The van der Waals surface area contributed by atoms with Crippen molar-refractivity contribution in [1.29, 1.82) is 0 Å². The normalized spacial score (nSPS) is 10.0. The molecule has 3 nitrogen and oxygen atoms in total. The van der Waals surface area contributed by atoms with E-state index in [0.29, 0.717) is 11.7 Å². The van der Waals surface area contributed by atoms with Crippen LogP contribution in [0.2, 0.25) is 0 Å². The summed E-state index contributed by atoms with van der Waals surface area (Å²) >= 11 is 0. The first-order valence-corrected chi connectivity index (χ1v) is 4.34. The van der Waals surface area contributed by atoms with Gasteiger partial charge in [0.2, 0.25) is 5.89 Å².